The zero-order valence-electron chi connectivity index (χ0n) is 12.2. The van der Waals surface area contributed by atoms with Gasteiger partial charge in [0.15, 0.2) is 12.4 Å². The summed E-state index contributed by atoms with van der Waals surface area (Å²) in [4.78, 5) is 11.8. The Morgan fingerprint density at radius 2 is 2.17 bits per heavy atom. The molecule has 1 amide bonds. The minimum absolute atomic E-state index is 0.184. The molecule has 3 aromatic rings. The molecule has 0 atom stereocenters. The number of para-hydroxylation sites is 1. The molecule has 7 nitrogen and oxygen atoms in total. The zero-order valence-corrected chi connectivity index (χ0v) is 13.8. The normalized spacial score (nSPS) is 10.5. The predicted molar refractivity (Wildman–Crippen MR) is 86.6 cm³/mol. The van der Waals surface area contributed by atoms with Crippen molar-refractivity contribution < 1.29 is 14.1 Å². The number of anilines is 1. The Morgan fingerprint density at radius 3 is 2.87 bits per heavy atom. The molecule has 0 aliphatic carbocycles. The molecule has 0 fully saturated rings. The van der Waals surface area contributed by atoms with Crippen LogP contribution in [0.5, 0.6) is 5.88 Å². The molecule has 8 heteroatoms. The lowest BCUT2D eigenvalue weighted by Gasteiger charge is -2.03. The van der Waals surface area contributed by atoms with Gasteiger partial charge in [-0.25, -0.2) is 4.68 Å². The number of rotatable bonds is 5. The van der Waals surface area contributed by atoms with Gasteiger partial charge in [-0.1, -0.05) is 23.4 Å². The summed E-state index contributed by atoms with van der Waals surface area (Å²) < 4.78 is 12.6. The minimum atomic E-state index is -0.348. The number of halogens is 1. The van der Waals surface area contributed by atoms with Crippen molar-refractivity contribution in [2.75, 3.05) is 11.9 Å². The number of carbonyl (C=O) groups excluding carboxylic acids is 1. The van der Waals surface area contributed by atoms with Crippen LogP contribution in [0.2, 0.25) is 0 Å². The molecule has 23 heavy (non-hydrogen) atoms. The third kappa shape index (κ3) is 3.78. The summed E-state index contributed by atoms with van der Waals surface area (Å²) in [5, 5.41) is 10.5. The first-order valence-electron chi connectivity index (χ1n) is 6.78. The van der Waals surface area contributed by atoms with Crippen LogP contribution >= 0.6 is 15.9 Å². The van der Waals surface area contributed by atoms with E-state index in [-0.39, 0.29) is 12.5 Å². The number of amides is 1. The first-order chi connectivity index (χ1) is 11.1. The Kier molecular flexibility index (Phi) is 4.42. The number of hydrogen-bond donors (Lipinski definition) is 1. The van der Waals surface area contributed by atoms with Gasteiger partial charge in [0.1, 0.15) is 5.76 Å². The molecule has 0 saturated heterocycles. The van der Waals surface area contributed by atoms with Crippen molar-refractivity contribution in [1.29, 1.82) is 0 Å². The van der Waals surface area contributed by atoms with Crippen LogP contribution in [0.4, 0.5) is 5.82 Å². The molecule has 1 aromatic carbocycles. The fourth-order valence-electron chi connectivity index (χ4n) is 1.89. The summed E-state index contributed by atoms with van der Waals surface area (Å²) in [6.07, 6.45) is 1.77. The van der Waals surface area contributed by atoms with Gasteiger partial charge in [-0.3, -0.25) is 4.79 Å². The number of nitrogens with zero attached hydrogens (tertiary/aromatic N) is 3. The van der Waals surface area contributed by atoms with Gasteiger partial charge in [0.2, 0.25) is 5.88 Å². The minimum Gasteiger partial charge on any atom is -0.466 e. The van der Waals surface area contributed by atoms with Crippen molar-refractivity contribution in [2.24, 2.45) is 0 Å². The van der Waals surface area contributed by atoms with E-state index in [9.17, 15) is 4.79 Å². The number of benzene rings is 1. The first-order valence-corrected chi connectivity index (χ1v) is 7.57. The van der Waals surface area contributed by atoms with Gasteiger partial charge < -0.3 is 14.6 Å². The molecule has 0 bridgehead atoms. The molecule has 0 aliphatic rings. The Hall–Kier alpha value is -2.61. The maximum atomic E-state index is 11.8. The summed E-state index contributed by atoms with van der Waals surface area (Å²) >= 11 is 3.37. The number of aromatic nitrogens is 3. The van der Waals surface area contributed by atoms with Crippen molar-refractivity contribution in [3.8, 4) is 11.6 Å². The second kappa shape index (κ2) is 6.66. The van der Waals surface area contributed by atoms with Crippen molar-refractivity contribution in [2.45, 2.75) is 6.92 Å². The first kappa shape index (κ1) is 15.3. The van der Waals surface area contributed by atoms with Gasteiger partial charge in [0, 0.05) is 12.3 Å². The maximum absolute atomic E-state index is 11.8. The molecule has 0 radical (unpaired) electrons. The van der Waals surface area contributed by atoms with Crippen molar-refractivity contribution in [3.63, 3.8) is 0 Å². The SMILES string of the molecule is Cc1cc(NC(=O)COc2nn(-c3ccccc3)cc2Br)no1. The fraction of sp³-hybridized carbons (Fsp3) is 0.133. The highest BCUT2D eigenvalue weighted by Crippen LogP contribution is 2.24. The fourth-order valence-corrected chi connectivity index (χ4v) is 2.27. The average Bonchev–Trinajstić information content (AvgIpc) is 3.12. The third-order valence-corrected chi connectivity index (χ3v) is 3.44. The van der Waals surface area contributed by atoms with Gasteiger partial charge in [-0.15, -0.1) is 5.10 Å². The summed E-state index contributed by atoms with van der Waals surface area (Å²) in [6.45, 7) is 1.56. The number of ether oxygens (including phenoxy) is 1. The number of nitrogens with one attached hydrogen (secondary N) is 1. The highest BCUT2D eigenvalue weighted by molar-refractivity contribution is 9.10. The van der Waals surface area contributed by atoms with E-state index in [0.717, 1.165) is 5.69 Å². The van der Waals surface area contributed by atoms with Crippen LogP contribution in [-0.2, 0) is 4.79 Å². The van der Waals surface area contributed by atoms with E-state index < -0.39 is 0 Å². The summed E-state index contributed by atoms with van der Waals surface area (Å²) in [7, 11) is 0. The van der Waals surface area contributed by atoms with Crippen molar-refractivity contribution >= 4 is 27.7 Å². The van der Waals surface area contributed by atoms with E-state index in [0.29, 0.717) is 21.9 Å². The lowest BCUT2D eigenvalue weighted by atomic mass is 10.3. The van der Waals surface area contributed by atoms with Crippen LogP contribution in [0, 0.1) is 6.92 Å². The largest absolute Gasteiger partial charge is 0.466 e. The highest BCUT2D eigenvalue weighted by atomic mass is 79.9. The van der Waals surface area contributed by atoms with E-state index in [1.165, 1.54) is 0 Å². The van der Waals surface area contributed by atoms with Crippen LogP contribution in [0.25, 0.3) is 5.69 Å². The molecule has 0 aliphatic heterocycles. The monoisotopic (exact) mass is 376 g/mol. The number of carbonyl (C=O) groups is 1. The third-order valence-electron chi connectivity index (χ3n) is 2.89. The van der Waals surface area contributed by atoms with Crippen LogP contribution in [0.3, 0.4) is 0 Å². The Labute approximate surface area is 140 Å². The van der Waals surface area contributed by atoms with Gasteiger partial charge >= 0.3 is 0 Å². The second-order valence-electron chi connectivity index (χ2n) is 4.72. The van der Waals surface area contributed by atoms with Crippen LogP contribution < -0.4 is 10.1 Å². The van der Waals surface area contributed by atoms with E-state index in [4.69, 9.17) is 9.26 Å². The van der Waals surface area contributed by atoms with E-state index in [1.54, 1.807) is 23.9 Å². The zero-order chi connectivity index (χ0) is 16.2. The number of aryl methyl sites for hydroxylation is 1. The topological polar surface area (TPSA) is 82.2 Å². The predicted octanol–water partition coefficient (Wildman–Crippen LogP) is 2.95. The lowest BCUT2D eigenvalue weighted by Crippen LogP contribution is -2.20. The summed E-state index contributed by atoms with van der Waals surface area (Å²) in [6, 6.07) is 11.2. The average molecular weight is 377 g/mol. The molecule has 118 valence electrons. The lowest BCUT2D eigenvalue weighted by molar-refractivity contribution is -0.118. The second-order valence-corrected chi connectivity index (χ2v) is 5.58. The molecule has 1 N–H and O–H groups in total. The van der Waals surface area contributed by atoms with Gasteiger partial charge in [-0.05, 0) is 35.0 Å². The Morgan fingerprint density at radius 1 is 1.39 bits per heavy atom. The molecule has 2 heterocycles. The van der Waals surface area contributed by atoms with Crippen LogP contribution in [0.15, 0.2) is 51.6 Å². The number of hydrogen-bond acceptors (Lipinski definition) is 5. The smallest absolute Gasteiger partial charge is 0.263 e. The van der Waals surface area contributed by atoms with Crippen molar-refractivity contribution in [1.82, 2.24) is 14.9 Å². The van der Waals surface area contributed by atoms with Crippen molar-refractivity contribution in [3.05, 3.63) is 52.8 Å². The molecule has 0 saturated carbocycles. The van der Waals surface area contributed by atoms with E-state index in [2.05, 4.69) is 31.5 Å². The van der Waals surface area contributed by atoms with Crippen LogP contribution in [0.1, 0.15) is 5.76 Å². The maximum Gasteiger partial charge on any atom is 0.263 e. The highest BCUT2D eigenvalue weighted by Gasteiger charge is 2.12. The molecule has 0 spiro atoms. The molecule has 2 aromatic heterocycles. The molecular weight excluding hydrogens is 364 g/mol. The molecule has 3 rings (SSSR count). The van der Waals surface area contributed by atoms with Gasteiger partial charge in [0.25, 0.3) is 5.91 Å². The van der Waals surface area contributed by atoms with E-state index in [1.807, 2.05) is 30.3 Å². The van der Waals surface area contributed by atoms with Gasteiger partial charge in [0.05, 0.1) is 10.2 Å². The summed E-state index contributed by atoms with van der Waals surface area (Å²) in [5.41, 5.74) is 0.894. The van der Waals surface area contributed by atoms with Gasteiger partial charge in [-0.2, -0.15) is 0 Å². The quantitative estimate of drug-likeness (QED) is 0.739. The standard InChI is InChI=1S/C15H13BrN4O3/c1-10-7-13(19-23-10)17-14(21)9-22-15-12(16)8-20(18-15)11-5-3-2-4-6-11/h2-8H,9H2,1H3,(H,17,19,21). The molecule has 0 unspecified atom stereocenters. The Bertz CT molecular complexity index is 813. The van der Waals surface area contributed by atoms with E-state index >= 15 is 0 Å². The molecular formula is C15H13BrN4O3. The Balaban J connectivity index is 1.62. The summed E-state index contributed by atoms with van der Waals surface area (Å²) in [5.74, 6) is 0.954. The van der Waals surface area contributed by atoms with Crippen LogP contribution in [-0.4, -0.2) is 27.5 Å².